The first-order chi connectivity index (χ1) is 22.1. The van der Waals surface area contributed by atoms with Crippen LogP contribution in [-0.2, 0) is 14.3 Å². The van der Waals surface area contributed by atoms with Crippen molar-refractivity contribution in [1.82, 2.24) is 14.7 Å². The van der Waals surface area contributed by atoms with Crippen LogP contribution in [0.1, 0.15) is 104 Å². The Bertz CT molecular complexity index is 1260. The molecular weight excluding hydrogens is 600 g/mol. The molecule has 2 unspecified atom stereocenters. The molecule has 2 fully saturated rings. The predicted molar refractivity (Wildman–Crippen MR) is 179 cm³/mol. The Hall–Kier alpha value is -3.52. The van der Waals surface area contributed by atoms with E-state index in [0.717, 1.165) is 12.8 Å². The van der Waals surface area contributed by atoms with Gasteiger partial charge in [-0.15, -0.1) is 0 Å². The van der Waals surface area contributed by atoms with Crippen LogP contribution < -0.4 is 9.47 Å². The number of nitrogens with zero attached hydrogens (tertiary/aromatic N) is 4. The van der Waals surface area contributed by atoms with E-state index in [-0.39, 0.29) is 42.4 Å². The van der Waals surface area contributed by atoms with Crippen molar-refractivity contribution in [1.29, 1.82) is 5.26 Å². The largest absolute Gasteiger partial charge is 0.493 e. The van der Waals surface area contributed by atoms with E-state index in [2.05, 4.69) is 6.07 Å². The Morgan fingerprint density at radius 3 is 2.26 bits per heavy atom. The lowest BCUT2D eigenvalue weighted by atomic mass is 9.90. The van der Waals surface area contributed by atoms with Crippen molar-refractivity contribution in [2.45, 2.75) is 123 Å². The number of amides is 3. The van der Waals surface area contributed by atoms with E-state index in [4.69, 9.17) is 18.9 Å². The summed E-state index contributed by atoms with van der Waals surface area (Å²) >= 11 is 0. The summed E-state index contributed by atoms with van der Waals surface area (Å²) in [6, 6.07) is 7.10. The number of nitriles is 1. The zero-order chi connectivity index (χ0) is 34.9. The predicted octanol–water partition coefficient (Wildman–Crippen LogP) is 6.05. The molecule has 2 atom stereocenters. The van der Waals surface area contributed by atoms with Gasteiger partial charge in [-0.05, 0) is 98.8 Å². The molecule has 0 spiro atoms. The molecule has 1 aliphatic carbocycles. The molecule has 1 saturated heterocycles. The summed E-state index contributed by atoms with van der Waals surface area (Å²) in [6.45, 7) is 14.9. The minimum Gasteiger partial charge on any atom is -0.493 e. The van der Waals surface area contributed by atoms with Crippen molar-refractivity contribution >= 4 is 17.9 Å². The fourth-order valence-electron chi connectivity index (χ4n) is 6.06. The topological polar surface area (TPSA) is 122 Å². The van der Waals surface area contributed by atoms with E-state index in [1.807, 2.05) is 44.4 Å². The van der Waals surface area contributed by atoms with Crippen molar-refractivity contribution in [2.24, 2.45) is 5.41 Å². The number of carbonyl (C=O) groups is 3. The molecule has 11 heteroatoms. The quantitative estimate of drug-likeness (QED) is 0.209. The first kappa shape index (κ1) is 37.9. The Balaban J connectivity index is 1.81. The molecule has 1 aromatic carbocycles. The second-order valence-electron chi connectivity index (χ2n) is 14.7. The average molecular weight is 657 g/mol. The van der Waals surface area contributed by atoms with E-state index in [0.29, 0.717) is 69.0 Å². The molecule has 0 N–H and O–H groups in total. The van der Waals surface area contributed by atoms with E-state index >= 15 is 0 Å². The average Bonchev–Trinajstić information content (AvgIpc) is 3.84. The van der Waals surface area contributed by atoms with Crippen LogP contribution in [0, 0.1) is 16.7 Å². The second-order valence-corrected chi connectivity index (χ2v) is 14.7. The monoisotopic (exact) mass is 656 g/mol. The van der Waals surface area contributed by atoms with Gasteiger partial charge in [-0.3, -0.25) is 9.59 Å². The summed E-state index contributed by atoms with van der Waals surface area (Å²) in [6.07, 6.45) is 4.31. The van der Waals surface area contributed by atoms with Crippen LogP contribution in [0.2, 0.25) is 0 Å². The molecule has 2 aliphatic rings. The normalized spacial score (nSPS) is 18.4. The van der Waals surface area contributed by atoms with Gasteiger partial charge >= 0.3 is 6.09 Å². The highest BCUT2D eigenvalue weighted by atomic mass is 16.6. The van der Waals surface area contributed by atoms with Gasteiger partial charge in [0.05, 0.1) is 31.2 Å². The molecule has 3 amide bonds. The third kappa shape index (κ3) is 11.0. The van der Waals surface area contributed by atoms with E-state index in [1.165, 1.54) is 0 Å². The molecule has 262 valence electrons. The minimum atomic E-state index is -0.738. The maximum Gasteiger partial charge on any atom is 0.410 e. The highest BCUT2D eigenvalue weighted by Crippen LogP contribution is 2.34. The third-order valence-corrected chi connectivity index (χ3v) is 8.56. The van der Waals surface area contributed by atoms with Gasteiger partial charge in [0.25, 0.3) is 5.91 Å². The lowest BCUT2D eigenvalue weighted by molar-refractivity contribution is -0.133. The van der Waals surface area contributed by atoms with Crippen LogP contribution >= 0.6 is 0 Å². The van der Waals surface area contributed by atoms with E-state index < -0.39 is 17.1 Å². The zero-order valence-electron chi connectivity index (χ0n) is 30.0. The Kier molecular flexibility index (Phi) is 13.3. The Morgan fingerprint density at radius 1 is 1.00 bits per heavy atom. The molecule has 3 rings (SSSR count). The second kappa shape index (κ2) is 16.5. The fourth-order valence-corrected chi connectivity index (χ4v) is 6.06. The number of methoxy groups -OCH3 is 2. The van der Waals surface area contributed by atoms with Crippen molar-refractivity contribution in [3.05, 3.63) is 23.8 Å². The number of benzene rings is 1. The van der Waals surface area contributed by atoms with Crippen molar-refractivity contribution in [2.75, 3.05) is 40.5 Å². The highest BCUT2D eigenvalue weighted by molar-refractivity contribution is 5.95. The van der Waals surface area contributed by atoms with E-state index in [9.17, 15) is 19.6 Å². The standard InChI is InChI=1S/C36H56N4O7/c1-25(2)40(33(42)26-11-16-30(45-9)31(21-26)46-20-10-19-44-8)29-15-14-28(39(23-29)34(43)47-35(3,4)5)17-18-38(27-12-13-27)32(41)22-36(6,7)24-37/h11,16,21,25,27-29H,10,12-15,17-20,22-23H2,1-9H3. The van der Waals surface area contributed by atoms with Gasteiger partial charge in [0.1, 0.15) is 5.60 Å². The van der Waals surface area contributed by atoms with Gasteiger partial charge in [-0.2, -0.15) is 5.26 Å². The van der Waals surface area contributed by atoms with Crippen LogP contribution in [0.4, 0.5) is 4.79 Å². The van der Waals surface area contributed by atoms with Gasteiger partial charge in [0.2, 0.25) is 5.91 Å². The van der Waals surface area contributed by atoms with Crippen molar-refractivity contribution in [3.8, 4) is 17.6 Å². The Morgan fingerprint density at radius 2 is 1.68 bits per heavy atom. The van der Waals surface area contributed by atoms with E-state index in [1.54, 1.807) is 51.2 Å². The maximum absolute atomic E-state index is 14.1. The summed E-state index contributed by atoms with van der Waals surface area (Å²) in [4.78, 5) is 46.6. The van der Waals surface area contributed by atoms with Gasteiger partial charge in [-0.25, -0.2) is 4.79 Å². The summed E-state index contributed by atoms with van der Waals surface area (Å²) in [5.41, 5.74) is -0.951. The van der Waals surface area contributed by atoms with Gasteiger partial charge in [0.15, 0.2) is 11.5 Å². The molecule has 47 heavy (non-hydrogen) atoms. The summed E-state index contributed by atoms with van der Waals surface area (Å²) < 4.78 is 22.4. The lowest BCUT2D eigenvalue weighted by Crippen LogP contribution is -2.58. The summed E-state index contributed by atoms with van der Waals surface area (Å²) in [5.74, 6) is 0.865. The van der Waals surface area contributed by atoms with Gasteiger partial charge in [0, 0.05) is 63.3 Å². The Labute approximate surface area is 281 Å². The van der Waals surface area contributed by atoms with Gasteiger partial charge < -0.3 is 33.6 Å². The number of rotatable bonds is 15. The number of hydrogen-bond acceptors (Lipinski definition) is 8. The first-order valence-electron chi connectivity index (χ1n) is 16.9. The molecule has 0 radical (unpaired) electrons. The highest BCUT2D eigenvalue weighted by Gasteiger charge is 2.41. The first-order valence-corrected chi connectivity index (χ1v) is 16.9. The molecule has 0 bridgehead atoms. The van der Waals surface area contributed by atoms with Crippen LogP contribution in [0.3, 0.4) is 0 Å². The minimum absolute atomic E-state index is 0.0188. The number of likely N-dealkylation sites (tertiary alicyclic amines) is 1. The summed E-state index contributed by atoms with van der Waals surface area (Å²) in [7, 11) is 3.21. The lowest BCUT2D eigenvalue weighted by Gasteiger charge is -2.45. The molecule has 1 aliphatic heterocycles. The van der Waals surface area contributed by atoms with Crippen LogP contribution in [0.25, 0.3) is 0 Å². The molecule has 11 nitrogen and oxygen atoms in total. The number of hydrogen-bond donors (Lipinski definition) is 0. The SMILES string of the molecule is COCCCOc1cc(C(=O)N(C(C)C)C2CCC(CCN(C(=O)CC(C)(C)C#N)C3CC3)N(C(=O)OC(C)(C)C)C2)ccc1OC. The summed E-state index contributed by atoms with van der Waals surface area (Å²) in [5, 5.41) is 9.49. The van der Waals surface area contributed by atoms with Crippen LogP contribution in [-0.4, -0.2) is 103 Å². The van der Waals surface area contributed by atoms with Crippen LogP contribution in [0.15, 0.2) is 18.2 Å². The van der Waals surface area contributed by atoms with Crippen molar-refractivity contribution < 1.29 is 33.3 Å². The number of carbonyl (C=O) groups excluding carboxylic acids is 3. The fraction of sp³-hybridized carbons (Fsp3) is 0.722. The van der Waals surface area contributed by atoms with Gasteiger partial charge in [-0.1, -0.05) is 0 Å². The molecule has 1 saturated carbocycles. The molecule has 0 aromatic heterocycles. The van der Waals surface area contributed by atoms with Crippen LogP contribution in [0.5, 0.6) is 11.5 Å². The zero-order valence-corrected chi connectivity index (χ0v) is 30.0. The smallest absolute Gasteiger partial charge is 0.410 e. The third-order valence-electron chi connectivity index (χ3n) is 8.56. The number of piperidine rings is 1. The molecule has 1 aromatic rings. The molecular formula is C36H56N4O7. The maximum atomic E-state index is 14.1. The number of ether oxygens (including phenoxy) is 4. The van der Waals surface area contributed by atoms with Crippen molar-refractivity contribution in [3.63, 3.8) is 0 Å². The molecule has 1 heterocycles.